The second-order valence-electron chi connectivity index (χ2n) is 3.69. The average molecular weight is 272 g/mol. The third-order valence-electron chi connectivity index (χ3n) is 2.37. The van der Waals surface area contributed by atoms with Crippen LogP contribution in [0.4, 0.5) is 16.4 Å². The number of carbonyl (C=O) groups is 2. The minimum Gasteiger partial charge on any atom is -0.465 e. The fourth-order valence-corrected chi connectivity index (χ4v) is 1.50. The van der Waals surface area contributed by atoms with Gasteiger partial charge in [-0.15, -0.1) is 0 Å². The van der Waals surface area contributed by atoms with Crippen molar-refractivity contribution in [2.45, 2.75) is 0 Å². The number of hydrogen-bond donors (Lipinski definition) is 2. The van der Waals surface area contributed by atoms with Crippen molar-refractivity contribution in [1.82, 2.24) is 9.97 Å². The summed E-state index contributed by atoms with van der Waals surface area (Å²) in [5.41, 5.74) is 0.604. The zero-order chi connectivity index (χ0) is 14.4. The maximum absolute atomic E-state index is 11.8. The molecule has 2 rings (SSSR count). The molecule has 0 spiro atoms. The first kappa shape index (κ1) is 13.5. The molecular weight excluding hydrogens is 260 g/mol. The molecule has 0 unspecified atom stereocenters. The quantitative estimate of drug-likeness (QED) is 0.832. The second-order valence-corrected chi connectivity index (χ2v) is 3.69. The number of carbonyl (C=O) groups excluding carboxylic acids is 2. The summed E-state index contributed by atoms with van der Waals surface area (Å²) < 4.78 is 4.64. The van der Waals surface area contributed by atoms with Crippen molar-refractivity contribution < 1.29 is 14.3 Å². The lowest BCUT2D eigenvalue weighted by Gasteiger charge is -2.09. The molecule has 1 aromatic heterocycles. The Hall–Kier alpha value is -2.96. The van der Waals surface area contributed by atoms with Crippen LogP contribution in [-0.2, 0) is 4.74 Å². The zero-order valence-electron chi connectivity index (χ0n) is 10.7. The predicted molar refractivity (Wildman–Crippen MR) is 72.5 cm³/mol. The molecule has 7 nitrogen and oxygen atoms in total. The van der Waals surface area contributed by atoms with Crippen molar-refractivity contribution in [1.29, 1.82) is 0 Å². The highest BCUT2D eigenvalue weighted by atomic mass is 16.5. The van der Waals surface area contributed by atoms with Gasteiger partial charge in [0.1, 0.15) is 0 Å². The number of hydrogen-bond acceptors (Lipinski definition) is 5. The van der Waals surface area contributed by atoms with E-state index in [1.54, 1.807) is 30.3 Å². The van der Waals surface area contributed by atoms with Crippen LogP contribution in [0.5, 0.6) is 0 Å². The Labute approximate surface area is 115 Å². The molecule has 0 radical (unpaired) electrons. The minimum absolute atomic E-state index is 0.167. The number of benzene rings is 1. The monoisotopic (exact) mass is 272 g/mol. The molecule has 102 valence electrons. The molecule has 0 aliphatic rings. The lowest BCUT2D eigenvalue weighted by atomic mass is 10.2. The molecule has 7 heteroatoms. The number of methoxy groups -OCH3 is 1. The Bertz CT molecular complexity index is 616. The van der Waals surface area contributed by atoms with Crippen LogP contribution in [0.3, 0.4) is 0 Å². The topological polar surface area (TPSA) is 93.2 Å². The van der Waals surface area contributed by atoms with E-state index in [1.165, 1.54) is 19.5 Å². The third kappa shape index (κ3) is 3.29. The normalized spacial score (nSPS) is 9.65. The molecule has 1 heterocycles. The Balaban J connectivity index is 2.10. The number of esters is 1. The number of amides is 2. The van der Waals surface area contributed by atoms with Crippen LogP contribution in [0.25, 0.3) is 0 Å². The van der Waals surface area contributed by atoms with Gasteiger partial charge in [-0.25, -0.2) is 19.6 Å². The summed E-state index contributed by atoms with van der Waals surface area (Å²) in [6.45, 7) is 0. The molecule has 0 fully saturated rings. The Morgan fingerprint density at radius 2 is 1.75 bits per heavy atom. The van der Waals surface area contributed by atoms with E-state index in [0.717, 1.165) is 0 Å². The summed E-state index contributed by atoms with van der Waals surface area (Å²) in [4.78, 5) is 31.1. The van der Waals surface area contributed by atoms with Crippen molar-refractivity contribution >= 4 is 23.6 Å². The van der Waals surface area contributed by atoms with Gasteiger partial charge in [-0.1, -0.05) is 12.1 Å². The van der Waals surface area contributed by atoms with Crippen LogP contribution in [0, 0.1) is 0 Å². The zero-order valence-corrected chi connectivity index (χ0v) is 10.7. The third-order valence-corrected chi connectivity index (χ3v) is 2.37. The van der Waals surface area contributed by atoms with Gasteiger partial charge in [0.05, 0.1) is 18.4 Å². The summed E-state index contributed by atoms with van der Waals surface area (Å²) in [5.74, 6) is -0.364. The summed E-state index contributed by atoms with van der Waals surface area (Å²) in [7, 11) is 1.27. The number of nitrogens with zero attached hydrogens (tertiary/aromatic N) is 2. The molecule has 0 saturated carbocycles. The number of ether oxygens (including phenoxy) is 1. The van der Waals surface area contributed by atoms with Crippen LogP contribution < -0.4 is 10.6 Å². The lowest BCUT2D eigenvalue weighted by molar-refractivity contribution is 0.0602. The number of rotatable bonds is 3. The Kier molecular flexibility index (Phi) is 4.23. The van der Waals surface area contributed by atoms with Gasteiger partial charge in [0.25, 0.3) is 0 Å². The fraction of sp³-hybridized carbons (Fsp3) is 0.0769. The molecule has 0 atom stereocenters. The van der Waals surface area contributed by atoms with E-state index in [2.05, 4.69) is 25.3 Å². The van der Waals surface area contributed by atoms with Crippen LogP contribution >= 0.6 is 0 Å². The molecule has 0 bridgehead atoms. The number of nitrogens with one attached hydrogen (secondary N) is 2. The average Bonchev–Trinajstić information content (AvgIpc) is 2.48. The Morgan fingerprint density at radius 3 is 2.45 bits per heavy atom. The highest BCUT2D eigenvalue weighted by Gasteiger charge is 2.13. The lowest BCUT2D eigenvalue weighted by Crippen LogP contribution is -2.22. The maximum Gasteiger partial charge on any atom is 0.339 e. The van der Waals surface area contributed by atoms with Gasteiger partial charge in [-0.2, -0.15) is 0 Å². The second kappa shape index (κ2) is 6.28. The van der Waals surface area contributed by atoms with E-state index in [9.17, 15) is 9.59 Å². The van der Waals surface area contributed by atoms with E-state index in [1.807, 2.05) is 0 Å². The van der Waals surface area contributed by atoms with Gasteiger partial charge in [-0.05, 0) is 18.2 Å². The SMILES string of the molecule is COC(=O)c1ccccc1NC(=O)Nc1ncccn1. The smallest absolute Gasteiger partial charge is 0.339 e. The highest BCUT2D eigenvalue weighted by Crippen LogP contribution is 2.16. The van der Waals surface area contributed by atoms with Crippen LogP contribution in [0.15, 0.2) is 42.7 Å². The molecule has 0 aliphatic heterocycles. The van der Waals surface area contributed by atoms with Crippen molar-refractivity contribution in [2.75, 3.05) is 17.7 Å². The molecule has 1 aromatic carbocycles. The van der Waals surface area contributed by atoms with E-state index >= 15 is 0 Å². The summed E-state index contributed by atoms with van der Waals surface area (Å²) >= 11 is 0. The molecular formula is C13H12N4O3. The van der Waals surface area contributed by atoms with E-state index in [4.69, 9.17) is 0 Å². The van der Waals surface area contributed by atoms with Crippen LogP contribution in [-0.4, -0.2) is 29.1 Å². The summed E-state index contributed by atoms with van der Waals surface area (Å²) in [6, 6.07) is 7.61. The van der Waals surface area contributed by atoms with Crippen molar-refractivity contribution in [3.63, 3.8) is 0 Å². The van der Waals surface area contributed by atoms with Gasteiger partial charge in [0, 0.05) is 12.4 Å². The van der Waals surface area contributed by atoms with Gasteiger partial charge in [-0.3, -0.25) is 5.32 Å². The molecule has 2 aromatic rings. The molecule has 0 aliphatic carbocycles. The first-order valence-electron chi connectivity index (χ1n) is 5.73. The van der Waals surface area contributed by atoms with Crippen molar-refractivity contribution in [3.8, 4) is 0 Å². The van der Waals surface area contributed by atoms with Gasteiger partial charge < -0.3 is 10.1 Å². The molecule has 2 N–H and O–H groups in total. The van der Waals surface area contributed by atoms with E-state index in [0.29, 0.717) is 5.69 Å². The van der Waals surface area contributed by atoms with E-state index in [-0.39, 0.29) is 11.5 Å². The first-order valence-corrected chi connectivity index (χ1v) is 5.73. The number of anilines is 2. The van der Waals surface area contributed by atoms with Crippen LogP contribution in [0.1, 0.15) is 10.4 Å². The summed E-state index contributed by atoms with van der Waals surface area (Å²) in [6.07, 6.45) is 3.01. The fourth-order valence-electron chi connectivity index (χ4n) is 1.50. The molecule has 2 amide bonds. The number of urea groups is 1. The largest absolute Gasteiger partial charge is 0.465 e. The van der Waals surface area contributed by atoms with Crippen molar-refractivity contribution in [3.05, 3.63) is 48.3 Å². The minimum atomic E-state index is -0.549. The highest BCUT2D eigenvalue weighted by molar-refractivity contribution is 6.04. The number of para-hydroxylation sites is 1. The summed E-state index contributed by atoms with van der Waals surface area (Å²) in [5, 5.41) is 4.99. The first-order chi connectivity index (χ1) is 9.70. The maximum atomic E-state index is 11.8. The molecule has 20 heavy (non-hydrogen) atoms. The molecule has 0 saturated heterocycles. The van der Waals surface area contributed by atoms with Crippen LogP contribution in [0.2, 0.25) is 0 Å². The van der Waals surface area contributed by atoms with E-state index < -0.39 is 12.0 Å². The van der Waals surface area contributed by atoms with Gasteiger partial charge in [0.15, 0.2) is 0 Å². The standard InChI is InChI=1S/C13H12N4O3/c1-20-11(18)9-5-2-3-6-10(9)16-13(19)17-12-14-7-4-8-15-12/h2-8H,1H3,(H2,14,15,16,17,19). The number of aromatic nitrogens is 2. The predicted octanol–water partition coefficient (Wildman–Crippen LogP) is 1.91. The Morgan fingerprint density at radius 1 is 1.05 bits per heavy atom. The van der Waals surface area contributed by atoms with Crippen molar-refractivity contribution in [2.24, 2.45) is 0 Å². The van der Waals surface area contributed by atoms with Gasteiger partial charge in [0.2, 0.25) is 5.95 Å². The van der Waals surface area contributed by atoms with Gasteiger partial charge >= 0.3 is 12.0 Å².